The van der Waals surface area contributed by atoms with E-state index in [1.165, 1.54) is 24.6 Å². The van der Waals surface area contributed by atoms with Gasteiger partial charge in [0.25, 0.3) is 0 Å². The number of hydrogen-bond acceptors (Lipinski definition) is 7. The Morgan fingerprint density at radius 3 is 2.71 bits per heavy atom. The number of nitrogens with zero attached hydrogens (tertiary/aromatic N) is 3. The predicted octanol–water partition coefficient (Wildman–Crippen LogP) is 4.04. The van der Waals surface area contributed by atoms with Crippen LogP contribution in [0, 0.1) is 13.8 Å². The summed E-state index contributed by atoms with van der Waals surface area (Å²) in [5.41, 5.74) is 5.26. The second-order valence-corrected chi connectivity index (χ2v) is 9.89. The summed E-state index contributed by atoms with van der Waals surface area (Å²) < 4.78 is 5.44. The molecule has 0 aromatic heterocycles. The van der Waals surface area contributed by atoms with Crippen LogP contribution < -0.4 is 5.32 Å². The van der Waals surface area contributed by atoms with Crippen LogP contribution in [0.1, 0.15) is 55.8 Å². The summed E-state index contributed by atoms with van der Waals surface area (Å²) in [5.74, 6) is -0.379. The van der Waals surface area contributed by atoms with Crippen molar-refractivity contribution < 1.29 is 14.3 Å². The average molecular weight is 483 g/mol. The first kappa shape index (κ1) is 24.5. The van der Waals surface area contributed by atoms with E-state index in [1.807, 2.05) is 31.1 Å². The number of thioether (sulfide) groups is 1. The maximum atomic E-state index is 13.1. The standard InChI is InChI=1S/C26H34N4O3S/c1-5-33-25(32)23-19(4)28-26-30(24(23)21-14-17(2)8-9-18(21)3)20(16-34-26)15-22(31)27-10-13-29-11-6-7-12-29/h8-9,14,16,24H,5-7,10-13,15H2,1-4H3,(H,27,31). The Labute approximate surface area is 206 Å². The maximum Gasteiger partial charge on any atom is 0.338 e. The van der Waals surface area contributed by atoms with Crippen molar-refractivity contribution >= 4 is 28.8 Å². The van der Waals surface area contributed by atoms with Crippen LogP contribution in [0.4, 0.5) is 0 Å². The van der Waals surface area contributed by atoms with Crippen molar-refractivity contribution in [3.05, 3.63) is 57.3 Å². The average Bonchev–Trinajstić information content (AvgIpc) is 3.45. The van der Waals surface area contributed by atoms with E-state index in [-0.39, 0.29) is 24.3 Å². The van der Waals surface area contributed by atoms with Crippen LogP contribution in [-0.2, 0) is 14.3 Å². The summed E-state index contributed by atoms with van der Waals surface area (Å²) in [4.78, 5) is 35.1. The Bertz CT molecular complexity index is 1060. The molecule has 1 atom stereocenters. The number of ether oxygens (including phenoxy) is 1. The number of aliphatic imine (C=N–C) groups is 1. The molecule has 0 saturated carbocycles. The quantitative estimate of drug-likeness (QED) is 0.564. The zero-order chi connectivity index (χ0) is 24.2. The zero-order valence-electron chi connectivity index (χ0n) is 20.5. The molecule has 1 saturated heterocycles. The molecule has 1 fully saturated rings. The van der Waals surface area contributed by atoms with Crippen molar-refractivity contribution in [2.45, 2.75) is 53.0 Å². The van der Waals surface area contributed by atoms with Crippen LogP contribution in [-0.4, -0.2) is 59.6 Å². The number of esters is 1. The highest BCUT2D eigenvalue weighted by Crippen LogP contribution is 2.45. The second-order valence-electron chi connectivity index (χ2n) is 9.05. The Balaban J connectivity index is 1.59. The first-order valence-electron chi connectivity index (χ1n) is 12.1. The van der Waals surface area contributed by atoms with Gasteiger partial charge in [0.2, 0.25) is 5.91 Å². The zero-order valence-corrected chi connectivity index (χ0v) is 21.3. The topological polar surface area (TPSA) is 74.2 Å². The first-order valence-corrected chi connectivity index (χ1v) is 12.9. The van der Waals surface area contributed by atoms with Gasteiger partial charge >= 0.3 is 5.97 Å². The third kappa shape index (κ3) is 5.23. The van der Waals surface area contributed by atoms with Gasteiger partial charge in [-0.15, -0.1) is 0 Å². The van der Waals surface area contributed by atoms with Gasteiger partial charge in [-0.3, -0.25) is 4.79 Å². The molecule has 1 N–H and O–H groups in total. The smallest absolute Gasteiger partial charge is 0.338 e. The summed E-state index contributed by atoms with van der Waals surface area (Å²) in [6.07, 6.45) is 2.72. The van der Waals surface area contributed by atoms with E-state index < -0.39 is 0 Å². The SMILES string of the molecule is CCOC(=O)C1=C(C)N=C2SC=C(CC(=O)NCCN3CCCC3)N2C1c1cc(C)ccc1C. The minimum Gasteiger partial charge on any atom is -0.463 e. The van der Waals surface area contributed by atoms with Crippen LogP contribution >= 0.6 is 11.8 Å². The molecule has 34 heavy (non-hydrogen) atoms. The number of rotatable bonds is 8. The molecule has 0 aliphatic carbocycles. The van der Waals surface area contributed by atoms with Gasteiger partial charge in [-0.25, -0.2) is 9.79 Å². The Kier molecular flexibility index (Phi) is 7.78. The van der Waals surface area contributed by atoms with Crippen molar-refractivity contribution in [3.63, 3.8) is 0 Å². The first-order chi connectivity index (χ1) is 16.4. The number of hydrogen-bond donors (Lipinski definition) is 1. The largest absolute Gasteiger partial charge is 0.463 e. The van der Waals surface area contributed by atoms with Gasteiger partial charge in [0.05, 0.1) is 30.3 Å². The summed E-state index contributed by atoms with van der Waals surface area (Å²) in [7, 11) is 0. The molecule has 1 unspecified atom stereocenters. The van der Waals surface area contributed by atoms with Crippen molar-refractivity contribution in [2.75, 3.05) is 32.8 Å². The van der Waals surface area contributed by atoms with Crippen LogP contribution in [0.2, 0.25) is 0 Å². The second kappa shape index (κ2) is 10.8. The van der Waals surface area contributed by atoms with Crippen LogP contribution in [0.3, 0.4) is 0 Å². The number of allylic oxidation sites excluding steroid dienone is 1. The van der Waals surface area contributed by atoms with E-state index in [0.717, 1.165) is 47.2 Å². The van der Waals surface area contributed by atoms with Crippen molar-refractivity contribution in [2.24, 2.45) is 4.99 Å². The van der Waals surface area contributed by atoms with Gasteiger partial charge in [0, 0.05) is 18.8 Å². The molecule has 0 spiro atoms. The van der Waals surface area contributed by atoms with E-state index in [0.29, 0.717) is 24.4 Å². The molecule has 7 nitrogen and oxygen atoms in total. The molecule has 0 radical (unpaired) electrons. The lowest BCUT2D eigenvalue weighted by molar-refractivity contribution is -0.139. The highest BCUT2D eigenvalue weighted by Gasteiger charge is 2.41. The Morgan fingerprint density at radius 1 is 1.21 bits per heavy atom. The lowest BCUT2D eigenvalue weighted by Crippen LogP contribution is -2.39. The van der Waals surface area contributed by atoms with Gasteiger partial charge in [-0.05, 0) is 70.2 Å². The normalized spacial score (nSPS) is 20.2. The summed E-state index contributed by atoms with van der Waals surface area (Å²) in [6, 6.07) is 5.88. The predicted molar refractivity (Wildman–Crippen MR) is 136 cm³/mol. The van der Waals surface area contributed by atoms with Gasteiger partial charge < -0.3 is 19.9 Å². The van der Waals surface area contributed by atoms with E-state index in [2.05, 4.69) is 35.3 Å². The molecular weight excluding hydrogens is 448 g/mol. The van der Waals surface area contributed by atoms with Gasteiger partial charge in [0.1, 0.15) is 0 Å². The fourth-order valence-electron chi connectivity index (χ4n) is 4.78. The molecule has 1 aromatic carbocycles. The number of benzene rings is 1. The van der Waals surface area contributed by atoms with E-state index >= 15 is 0 Å². The third-order valence-corrected chi connectivity index (χ3v) is 7.40. The minimum atomic E-state index is -0.384. The maximum absolute atomic E-state index is 13.1. The fourth-order valence-corrected chi connectivity index (χ4v) is 5.74. The van der Waals surface area contributed by atoms with Crippen LogP contribution in [0.5, 0.6) is 0 Å². The molecule has 1 amide bonds. The summed E-state index contributed by atoms with van der Waals surface area (Å²) in [6.45, 7) is 11.8. The van der Waals surface area contributed by atoms with Gasteiger partial charge in [-0.1, -0.05) is 35.5 Å². The molecule has 4 rings (SSSR count). The van der Waals surface area contributed by atoms with E-state index in [4.69, 9.17) is 9.73 Å². The lowest BCUT2D eigenvalue weighted by Gasteiger charge is -2.37. The molecule has 182 valence electrons. The van der Waals surface area contributed by atoms with Crippen LogP contribution in [0.25, 0.3) is 0 Å². The Morgan fingerprint density at radius 2 is 1.97 bits per heavy atom. The number of amides is 1. The van der Waals surface area contributed by atoms with Crippen LogP contribution in [0.15, 0.2) is 45.6 Å². The molecule has 0 bridgehead atoms. The van der Waals surface area contributed by atoms with Gasteiger partial charge in [-0.2, -0.15) is 0 Å². The number of likely N-dealkylation sites (tertiary alicyclic amines) is 1. The third-order valence-electron chi connectivity index (χ3n) is 6.52. The minimum absolute atomic E-state index is 0.0176. The molecule has 3 aliphatic rings. The summed E-state index contributed by atoms with van der Waals surface area (Å²) in [5, 5.41) is 5.84. The van der Waals surface area contributed by atoms with Gasteiger partial charge in [0.15, 0.2) is 5.17 Å². The van der Waals surface area contributed by atoms with Crippen molar-refractivity contribution in [3.8, 4) is 0 Å². The number of fused-ring (bicyclic) bond motifs is 1. The number of carbonyl (C=O) groups excluding carboxylic acids is 2. The number of nitrogens with one attached hydrogen (secondary N) is 1. The number of amidine groups is 1. The van der Waals surface area contributed by atoms with Crippen molar-refractivity contribution in [1.82, 2.24) is 15.1 Å². The molecule has 3 heterocycles. The molecule has 8 heteroatoms. The van der Waals surface area contributed by atoms with E-state index in [9.17, 15) is 9.59 Å². The molecule has 1 aromatic rings. The number of carbonyl (C=O) groups is 2. The van der Waals surface area contributed by atoms with E-state index in [1.54, 1.807) is 0 Å². The molecular formula is C26H34N4O3S. The Hall–Kier alpha value is -2.58. The summed E-state index contributed by atoms with van der Waals surface area (Å²) >= 11 is 1.50. The highest BCUT2D eigenvalue weighted by atomic mass is 32.2. The fraction of sp³-hybridized carbons (Fsp3) is 0.500. The molecule has 3 aliphatic heterocycles. The number of aryl methyl sites for hydroxylation is 2. The lowest BCUT2D eigenvalue weighted by atomic mass is 9.90. The van der Waals surface area contributed by atoms with Crippen molar-refractivity contribution in [1.29, 1.82) is 0 Å². The highest BCUT2D eigenvalue weighted by molar-refractivity contribution is 8.16. The monoisotopic (exact) mass is 482 g/mol.